The number of amides is 2. The number of rotatable bonds is 4. The molecule has 1 aromatic carbocycles. The number of esters is 1. The van der Waals surface area contributed by atoms with Crippen LogP contribution in [0, 0.1) is 25.7 Å². The second kappa shape index (κ2) is 9.48. The number of aliphatic hydroxyl groups is 1. The van der Waals surface area contributed by atoms with Crippen LogP contribution in [-0.4, -0.2) is 71.3 Å². The number of aliphatic hydroxyl groups excluding tert-OH is 1. The minimum absolute atomic E-state index is 0.274. The van der Waals surface area contributed by atoms with E-state index in [1.54, 1.807) is 4.90 Å². The largest absolute Gasteiger partial charge is 0.465 e. The van der Waals surface area contributed by atoms with Gasteiger partial charge in [0.2, 0.25) is 5.91 Å². The number of benzene rings is 1. The zero-order valence-corrected chi connectivity index (χ0v) is 21.1. The fraction of sp³-hybridized carbons (Fsp3) is 0.536. The molecule has 0 aromatic heterocycles. The van der Waals surface area contributed by atoms with Gasteiger partial charge in [0.25, 0.3) is 5.91 Å². The number of carbonyl (C=O) groups is 3. The number of hydrogen-bond acceptors (Lipinski definition) is 6. The first-order valence-electron chi connectivity index (χ1n) is 12.8. The number of nitrogens with zero attached hydrogens (tertiary/aromatic N) is 2. The third-order valence-electron chi connectivity index (χ3n) is 8.07. The van der Waals surface area contributed by atoms with Crippen LogP contribution in [0.4, 0.5) is 5.69 Å². The fourth-order valence-electron chi connectivity index (χ4n) is 6.43. The van der Waals surface area contributed by atoms with Gasteiger partial charge in [-0.15, -0.1) is 0 Å². The number of hydrogen-bond donors (Lipinski definition) is 1. The smallest absolute Gasteiger partial charge is 0.312 e. The molecule has 36 heavy (non-hydrogen) atoms. The van der Waals surface area contributed by atoms with Crippen LogP contribution in [0.15, 0.2) is 42.5 Å². The molecule has 8 nitrogen and oxygen atoms in total. The molecule has 4 aliphatic heterocycles. The van der Waals surface area contributed by atoms with Gasteiger partial charge in [-0.05, 0) is 44.2 Å². The van der Waals surface area contributed by atoms with Crippen LogP contribution >= 0.6 is 0 Å². The molecule has 6 atom stereocenters. The lowest BCUT2D eigenvalue weighted by Crippen LogP contribution is -2.58. The average Bonchev–Trinajstić information content (AvgIpc) is 3.26. The fourth-order valence-corrected chi connectivity index (χ4v) is 6.43. The summed E-state index contributed by atoms with van der Waals surface area (Å²) in [5.41, 5.74) is 1.37. The highest BCUT2D eigenvalue weighted by molar-refractivity contribution is 6.06. The zero-order chi connectivity index (χ0) is 25.6. The van der Waals surface area contributed by atoms with Crippen molar-refractivity contribution in [3.63, 3.8) is 0 Å². The molecule has 1 unspecified atom stereocenters. The Hall–Kier alpha value is -2.97. The molecule has 0 bridgehead atoms. The first kappa shape index (κ1) is 24.7. The van der Waals surface area contributed by atoms with E-state index in [9.17, 15) is 19.5 Å². The molecule has 192 valence electrons. The van der Waals surface area contributed by atoms with Gasteiger partial charge in [0.1, 0.15) is 17.6 Å². The van der Waals surface area contributed by atoms with Crippen LogP contribution in [0.5, 0.6) is 0 Å². The van der Waals surface area contributed by atoms with Crippen molar-refractivity contribution in [3.8, 4) is 0 Å². The molecule has 4 heterocycles. The van der Waals surface area contributed by atoms with Gasteiger partial charge < -0.3 is 24.4 Å². The van der Waals surface area contributed by atoms with Gasteiger partial charge in [-0.2, -0.15) is 0 Å². The highest BCUT2D eigenvalue weighted by Crippen LogP contribution is 2.54. The van der Waals surface area contributed by atoms with Gasteiger partial charge in [0.15, 0.2) is 0 Å². The molecule has 2 amide bonds. The summed E-state index contributed by atoms with van der Waals surface area (Å²) in [6.45, 7) is 6.08. The van der Waals surface area contributed by atoms with Gasteiger partial charge in [-0.25, -0.2) is 0 Å². The number of para-hydroxylation sites is 1. The average molecular weight is 495 g/mol. The standard InChI is InChI=1S/C28H34N2O6/c1-4-19(16-31)30-24-26(33)29(23-17(2)10-8-11-18(23)3)14-9-13-28(24)22(25(30)32)21-20(36-28)12-6-5-7-15-35-27(21)34/h6,8-13,19-22,24,31H,4-5,7,14-16H2,1-3H3/b12-6-/t19-,20-,21+,22-,24?,28-/m0/s1. The van der Waals surface area contributed by atoms with E-state index >= 15 is 0 Å². The van der Waals surface area contributed by atoms with Crippen LogP contribution < -0.4 is 4.90 Å². The van der Waals surface area contributed by atoms with Gasteiger partial charge in [0.05, 0.1) is 31.3 Å². The van der Waals surface area contributed by atoms with Crippen molar-refractivity contribution in [1.29, 1.82) is 0 Å². The molecule has 5 rings (SSSR count). The van der Waals surface area contributed by atoms with Crippen LogP contribution in [0.1, 0.15) is 37.3 Å². The van der Waals surface area contributed by atoms with E-state index in [4.69, 9.17) is 9.47 Å². The van der Waals surface area contributed by atoms with Crippen LogP contribution in [0.3, 0.4) is 0 Å². The number of cyclic esters (lactones) is 1. The van der Waals surface area contributed by atoms with E-state index in [1.807, 2.05) is 63.3 Å². The first-order valence-corrected chi connectivity index (χ1v) is 12.8. The van der Waals surface area contributed by atoms with Crippen LogP contribution in [0.2, 0.25) is 0 Å². The van der Waals surface area contributed by atoms with E-state index in [-0.39, 0.29) is 25.0 Å². The Balaban J connectivity index is 1.67. The Morgan fingerprint density at radius 3 is 2.58 bits per heavy atom. The number of allylic oxidation sites excluding steroid dienone is 1. The summed E-state index contributed by atoms with van der Waals surface area (Å²) in [6, 6.07) is 4.28. The summed E-state index contributed by atoms with van der Waals surface area (Å²) in [5, 5.41) is 10.2. The Morgan fingerprint density at radius 1 is 1.14 bits per heavy atom. The van der Waals surface area contributed by atoms with Crippen LogP contribution in [-0.2, 0) is 23.9 Å². The second-order valence-electron chi connectivity index (χ2n) is 10.2. The van der Waals surface area contributed by atoms with Crippen molar-refractivity contribution in [2.45, 2.75) is 63.8 Å². The number of anilines is 1. The van der Waals surface area contributed by atoms with Crippen LogP contribution in [0.25, 0.3) is 0 Å². The lowest BCUT2D eigenvalue weighted by Gasteiger charge is -2.38. The molecule has 8 heteroatoms. The summed E-state index contributed by atoms with van der Waals surface area (Å²) in [5.74, 6) is -2.87. The Labute approximate surface area is 211 Å². The van der Waals surface area contributed by atoms with Crippen molar-refractivity contribution >= 4 is 23.5 Å². The summed E-state index contributed by atoms with van der Waals surface area (Å²) < 4.78 is 12.2. The molecule has 1 spiro atoms. The molecule has 2 saturated heterocycles. The number of aryl methyl sites for hydroxylation is 2. The Morgan fingerprint density at radius 2 is 1.89 bits per heavy atom. The SMILES string of the molecule is CC[C@@H](CO)N1C(=O)[C@@H]2[C@@H]3C(=O)OCCC/C=C\[C@@H]3O[C@@]23C=CCN(c2c(C)cccc2C)C(=O)C13. The van der Waals surface area contributed by atoms with Crippen molar-refractivity contribution in [3.05, 3.63) is 53.6 Å². The maximum absolute atomic E-state index is 14.4. The normalized spacial score (nSPS) is 33.6. The van der Waals surface area contributed by atoms with E-state index in [0.29, 0.717) is 19.4 Å². The molecular weight excluding hydrogens is 460 g/mol. The topological polar surface area (TPSA) is 96.4 Å². The molecule has 0 radical (unpaired) electrons. The van der Waals surface area contributed by atoms with Crippen molar-refractivity contribution < 1.29 is 29.0 Å². The predicted molar refractivity (Wildman–Crippen MR) is 133 cm³/mol. The molecule has 2 fully saturated rings. The number of ether oxygens (including phenoxy) is 2. The Kier molecular flexibility index (Phi) is 6.51. The van der Waals surface area contributed by atoms with Crippen molar-refractivity contribution in [1.82, 2.24) is 4.90 Å². The lowest BCUT2D eigenvalue weighted by atomic mass is 9.78. The molecule has 0 saturated carbocycles. The van der Waals surface area contributed by atoms with E-state index in [2.05, 4.69) is 0 Å². The highest BCUT2D eigenvalue weighted by atomic mass is 16.6. The van der Waals surface area contributed by atoms with Gasteiger partial charge in [-0.3, -0.25) is 14.4 Å². The predicted octanol–water partition coefficient (Wildman–Crippen LogP) is 2.45. The van der Waals surface area contributed by atoms with Gasteiger partial charge in [0, 0.05) is 12.2 Å². The summed E-state index contributed by atoms with van der Waals surface area (Å²) in [4.78, 5) is 45.0. The maximum Gasteiger partial charge on any atom is 0.312 e. The quantitative estimate of drug-likeness (QED) is 0.510. The summed E-state index contributed by atoms with van der Waals surface area (Å²) >= 11 is 0. The number of carbonyl (C=O) groups excluding carboxylic acids is 3. The summed E-state index contributed by atoms with van der Waals surface area (Å²) in [6.07, 6.45) is 8.71. The van der Waals surface area contributed by atoms with Crippen molar-refractivity contribution in [2.75, 3.05) is 24.7 Å². The monoisotopic (exact) mass is 494 g/mol. The highest BCUT2D eigenvalue weighted by Gasteiger charge is 2.72. The van der Waals surface area contributed by atoms with Crippen molar-refractivity contribution in [2.24, 2.45) is 11.8 Å². The number of fused-ring (bicyclic) bond motifs is 2. The number of likely N-dealkylation sites (tertiary alicyclic amines) is 1. The molecule has 0 aliphatic carbocycles. The van der Waals surface area contributed by atoms with Gasteiger partial charge >= 0.3 is 5.97 Å². The Bertz CT molecular complexity index is 1100. The maximum atomic E-state index is 14.4. The molecule has 1 aromatic rings. The third kappa shape index (κ3) is 3.61. The molecule has 4 aliphatic rings. The third-order valence-corrected chi connectivity index (χ3v) is 8.07. The van der Waals surface area contributed by atoms with Gasteiger partial charge in [-0.1, -0.05) is 49.4 Å². The minimum Gasteiger partial charge on any atom is -0.465 e. The lowest BCUT2D eigenvalue weighted by molar-refractivity contribution is -0.155. The first-order chi connectivity index (χ1) is 17.4. The van der Waals surface area contributed by atoms with E-state index in [1.165, 1.54) is 4.90 Å². The second-order valence-corrected chi connectivity index (χ2v) is 10.2. The summed E-state index contributed by atoms with van der Waals surface area (Å²) in [7, 11) is 0. The van der Waals surface area contributed by atoms with E-state index in [0.717, 1.165) is 23.2 Å². The minimum atomic E-state index is -1.33. The molecular formula is C28H34N2O6. The molecule has 1 N–H and O–H groups in total. The van der Waals surface area contributed by atoms with E-state index < -0.39 is 41.6 Å². The zero-order valence-electron chi connectivity index (χ0n) is 21.1.